The predicted molar refractivity (Wildman–Crippen MR) is 119 cm³/mol. The number of ether oxygens (including phenoxy) is 2. The standard InChI is InChI=1S/C24H22N4O4/c1-2-30-19-7-3-17(4-8-19)24-27-23(32-28-24)12-11-22(29)26-18-5-9-20(10-6-18)31-21-13-15-25-16-14-21/h3-10,13-16H,2,11-12H2,1H3,(H,26,29). The van der Waals surface area contributed by atoms with Crippen LogP contribution in [0.5, 0.6) is 17.2 Å². The summed E-state index contributed by atoms with van der Waals surface area (Å²) < 4.78 is 16.4. The van der Waals surface area contributed by atoms with Crippen molar-refractivity contribution in [2.75, 3.05) is 11.9 Å². The van der Waals surface area contributed by atoms with Crippen LogP contribution in [0.3, 0.4) is 0 Å². The summed E-state index contributed by atoms with van der Waals surface area (Å²) in [5, 5.41) is 6.84. The van der Waals surface area contributed by atoms with Gasteiger partial charge in [0.1, 0.15) is 17.2 Å². The SMILES string of the molecule is CCOc1ccc(-c2noc(CCC(=O)Nc3ccc(Oc4ccncc4)cc3)n2)cc1. The molecule has 0 atom stereocenters. The zero-order valence-corrected chi connectivity index (χ0v) is 17.5. The van der Waals surface area contributed by atoms with Crippen molar-refractivity contribution >= 4 is 11.6 Å². The number of aryl methyl sites for hydroxylation is 1. The maximum absolute atomic E-state index is 12.3. The molecular formula is C24H22N4O4. The number of carbonyl (C=O) groups excluding carboxylic acids is 1. The number of benzene rings is 2. The molecule has 2 aromatic heterocycles. The summed E-state index contributed by atoms with van der Waals surface area (Å²) in [5.41, 5.74) is 1.50. The molecule has 0 aliphatic rings. The number of hydrogen-bond acceptors (Lipinski definition) is 7. The van der Waals surface area contributed by atoms with Gasteiger partial charge in [-0.05, 0) is 67.6 Å². The van der Waals surface area contributed by atoms with Crippen molar-refractivity contribution in [1.29, 1.82) is 0 Å². The van der Waals surface area contributed by atoms with Gasteiger partial charge in [-0.25, -0.2) is 0 Å². The highest BCUT2D eigenvalue weighted by molar-refractivity contribution is 5.90. The van der Waals surface area contributed by atoms with Crippen molar-refractivity contribution in [3.8, 4) is 28.6 Å². The molecule has 0 bridgehead atoms. The van der Waals surface area contributed by atoms with Gasteiger partial charge in [0, 0.05) is 36.5 Å². The van der Waals surface area contributed by atoms with Crippen molar-refractivity contribution < 1.29 is 18.8 Å². The second kappa shape index (κ2) is 10.2. The van der Waals surface area contributed by atoms with Crippen molar-refractivity contribution in [3.63, 3.8) is 0 Å². The zero-order chi connectivity index (χ0) is 22.2. The molecule has 8 nitrogen and oxygen atoms in total. The summed E-state index contributed by atoms with van der Waals surface area (Å²) in [6.07, 6.45) is 3.89. The predicted octanol–water partition coefficient (Wildman–Crippen LogP) is 4.89. The fraction of sp³-hybridized carbons (Fsp3) is 0.167. The normalized spacial score (nSPS) is 10.5. The maximum atomic E-state index is 12.3. The van der Waals surface area contributed by atoms with E-state index in [1.165, 1.54) is 0 Å². The second-order valence-corrected chi connectivity index (χ2v) is 6.83. The molecule has 4 aromatic rings. The molecule has 2 aromatic carbocycles. The second-order valence-electron chi connectivity index (χ2n) is 6.83. The van der Waals surface area contributed by atoms with Crippen LogP contribution in [0.25, 0.3) is 11.4 Å². The topological polar surface area (TPSA) is 99.4 Å². The first-order valence-corrected chi connectivity index (χ1v) is 10.2. The first kappa shape index (κ1) is 21.0. The zero-order valence-electron chi connectivity index (χ0n) is 17.5. The monoisotopic (exact) mass is 430 g/mol. The average Bonchev–Trinajstić information content (AvgIpc) is 3.30. The number of nitrogens with one attached hydrogen (secondary N) is 1. The summed E-state index contributed by atoms with van der Waals surface area (Å²) in [5.74, 6) is 2.89. The number of amides is 1. The molecule has 0 saturated heterocycles. The van der Waals surface area contributed by atoms with Crippen LogP contribution in [0.4, 0.5) is 5.69 Å². The molecule has 0 fully saturated rings. The lowest BCUT2D eigenvalue weighted by molar-refractivity contribution is -0.116. The maximum Gasteiger partial charge on any atom is 0.227 e. The first-order valence-electron chi connectivity index (χ1n) is 10.2. The van der Waals surface area contributed by atoms with E-state index in [2.05, 4.69) is 20.4 Å². The molecule has 4 rings (SSSR count). The molecular weight excluding hydrogens is 408 g/mol. The van der Waals surface area contributed by atoms with Crippen LogP contribution >= 0.6 is 0 Å². The summed E-state index contributed by atoms with van der Waals surface area (Å²) in [7, 11) is 0. The van der Waals surface area contributed by atoms with E-state index >= 15 is 0 Å². The van der Waals surface area contributed by atoms with Gasteiger partial charge in [0.15, 0.2) is 0 Å². The lowest BCUT2D eigenvalue weighted by atomic mass is 10.2. The summed E-state index contributed by atoms with van der Waals surface area (Å²) in [6, 6.07) is 18.1. The van der Waals surface area contributed by atoms with Gasteiger partial charge in [-0.15, -0.1) is 0 Å². The van der Waals surface area contributed by atoms with Gasteiger partial charge in [-0.1, -0.05) is 5.16 Å². The fourth-order valence-electron chi connectivity index (χ4n) is 2.93. The lowest BCUT2D eigenvalue weighted by Gasteiger charge is -2.07. The molecule has 0 saturated carbocycles. The molecule has 0 unspecified atom stereocenters. The molecule has 1 N–H and O–H groups in total. The highest BCUT2D eigenvalue weighted by Crippen LogP contribution is 2.23. The molecule has 0 spiro atoms. The van der Waals surface area contributed by atoms with Gasteiger partial charge in [0.25, 0.3) is 0 Å². The number of rotatable bonds is 9. The molecule has 2 heterocycles. The van der Waals surface area contributed by atoms with Crippen LogP contribution < -0.4 is 14.8 Å². The minimum absolute atomic E-state index is 0.145. The van der Waals surface area contributed by atoms with Gasteiger partial charge in [-0.3, -0.25) is 9.78 Å². The van der Waals surface area contributed by atoms with E-state index in [9.17, 15) is 4.79 Å². The van der Waals surface area contributed by atoms with E-state index < -0.39 is 0 Å². The first-order chi connectivity index (χ1) is 15.7. The Morgan fingerprint density at radius 1 is 0.938 bits per heavy atom. The van der Waals surface area contributed by atoms with Gasteiger partial charge < -0.3 is 19.3 Å². The van der Waals surface area contributed by atoms with E-state index in [1.807, 2.05) is 31.2 Å². The Hall–Kier alpha value is -4.20. The van der Waals surface area contributed by atoms with Gasteiger partial charge in [0.05, 0.1) is 6.61 Å². The Morgan fingerprint density at radius 3 is 2.34 bits per heavy atom. The molecule has 0 aliphatic carbocycles. The lowest BCUT2D eigenvalue weighted by Crippen LogP contribution is -2.12. The number of anilines is 1. The number of pyridine rings is 1. The van der Waals surface area contributed by atoms with E-state index in [4.69, 9.17) is 14.0 Å². The van der Waals surface area contributed by atoms with E-state index in [-0.39, 0.29) is 12.3 Å². The van der Waals surface area contributed by atoms with Crippen molar-refractivity contribution in [2.24, 2.45) is 0 Å². The Morgan fingerprint density at radius 2 is 1.62 bits per heavy atom. The molecule has 0 radical (unpaired) electrons. The molecule has 32 heavy (non-hydrogen) atoms. The third kappa shape index (κ3) is 5.69. The summed E-state index contributed by atoms with van der Waals surface area (Å²) >= 11 is 0. The van der Waals surface area contributed by atoms with E-state index in [0.717, 1.165) is 11.3 Å². The van der Waals surface area contributed by atoms with Crippen molar-refractivity contribution in [3.05, 3.63) is 78.9 Å². The van der Waals surface area contributed by atoms with Gasteiger partial charge in [0.2, 0.25) is 17.6 Å². The minimum atomic E-state index is -0.145. The Labute approximate surface area is 185 Å². The van der Waals surface area contributed by atoms with Gasteiger partial charge in [-0.2, -0.15) is 4.98 Å². The number of nitrogens with zero attached hydrogens (tertiary/aromatic N) is 3. The quantitative estimate of drug-likeness (QED) is 0.403. The molecule has 162 valence electrons. The van der Waals surface area contributed by atoms with Crippen LogP contribution in [0, 0.1) is 0 Å². The highest BCUT2D eigenvalue weighted by atomic mass is 16.5. The Kier molecular flexibility index (Phi) is 6.72. The van der Waals surface area contributed by atoms with E-state index in [1.54, 1.807) is 48.8 Å². The number of hydrogen-bond donors (Lipinski definition) is 1. The Balaban J connectivity index is 1.27. The van der Waals surface area contributed by atoms with Crippen molar-refractivity contribution in [2.45, 2.75) is 19.8 Å². The van der Waals surface area contributed by atoms with Crippen LogP contribution in [0.2, 0.25) is 0 Å². The van der Waals surface area contributed by atoms with Crippen molar-refractivity contribution in [1.82, 2.24) is 15.1 Å². The number of aromatic nitrogens is 3. The van der Waals surface area contributed by atoms with Crippen LogP contribution in [0.1, 0.15) is 19.2 Å². The molecule has 1 amide bonds. The highest BCUT2D eigenvalue weighted by Gasteiger charge is 2.11. The van der Waals surface area contributed by atoms with Crippen LogP contribution in [0.15, 0.2) is 77.6 Å². The Bertz CT molecular complexity index is 1140. The molecule has 0 aliphatic heterocycles. The number of carbonyl (C=O) groups is 1. The molecule has 8 heteroatoms. The third-order valence-electron chi connectivity index (χ3n) is 4.48. The fourth-order valence-corrected chi connectivity index (χ4v) is 2.93. The van der Waals surface area contributed by atoms with Crippen LogP contribution in [-0.2, 0) is 11.2 Å². The van der Waals surface area contributed by atoms with E-state index in [0.29, 0.717) is 41.9 Å². The largest absolute Gasteiger partial charge is 0.494 e. The smallest absolute Gasteiger partial charge is 0.227 e. The summed E-state index contributed by atoms with van der Waals surface area (Å²) in [6.45, 7) is 2.54. The minimum Gasteiger partial charge on any atom is -0.494 e. The van der Waals surface area contributed by atoms with Crippen LogP contribution in [-0.4, -0.2) is 27.6 Å². The summed E-state index contributed by atoms with van der Waals surface area (Å²) in [4.78, 5) is 20.6. The van der Waals surface area contributed by atoms with Gasteiger partial charge >= 0.3 is 0 Å². The third-order valence-corrected chi connectivity index (χ3v) is 4.48. The average molecular weight is 430 g/mol.